The van der Waals surface area contributed by atoms with Gasteiger partial charge in [-0.3, -0.25) is 28.8 Å². The third kappa shape index (κ3) is 30.7. The van der Waals surface area contributed by atoms with Crippen LogP contribution in [0.4, 0.5) is 0 Å². The summed E-state index contributed by atoms with van der Waals surface area (Å²) < 4.78 is 39.2. The Kier molecular flexibility index (Phi) is 41.3. The number of nitrogens with one attached hydrogen (secondary N) is 6. The number of methoxy groups -OCH3 is 1. The molecule has 0 aromatic rings. The lowest BCUT2D eigenvalue weighted by atomic mass is 9.92. The quantitative estimate of drug-likeness (QED) is 0.0335. The highest BCUT2D eigenvalue weighted by Crippen LogP contribution is 2.29. The summed E-state index contributed by atoms with van der Waals surface area (Å²) in [5.74, 6) is -3.32. The van der Waals surface area contributed by atoms with Gasteiger partial charge >= 0.3 is 0 Å². The molecule has 3 fully saturated rings. The third-order valence-electron chi connectivity index (χ3n) is 16.5. The second-order valence-corrected chi connectivity index (χ2v) is 23.9. The van der Waals surface area contributed by atoms with Gasteiger partial charge in [-0.05, 0) is 96.3 Å². The molecule has 3 rings (SSSR count). The van der Waals surface area contributed by atoms with Crippen LogP contribution in [-0.4, -0.2) is 247 Å². The van der Waals surface area contributed by atoms with Crippen LogP contribution in [0.2, 0.25) is 0 Å². The van der Waals surface area contributed by atoms with E-state index in [1.165, 1.54) is 0 Å². The second-order valence-electron chi connectivity index (χ2n) is 23.9. The highest BCUT2D eigenvalue weighted by Gasteiger charge is 2.45. The fourth-order valence-electron chi connectivity index (χ4n) is 10.6. The lowest BCUT2D eigenvalue weighted by Crippen LogP contribution is -2.55. The maximum Gasteiger partial charge on any atom is 0.243 e. The minimum atomic E-state index is -1.25. The third-order valence-corrected chi connectivity index (χ3v) is 16.5. The number of hydrogen-bond acceptors (Lipinski definition) is 22. The van der Waals surface area contributed by atoms with Gasteiger partial charge in [0.25, 0.3) is 0 Å². The first-order chi connectivity index (χ1) is 42.8. The van der Waals surface area contributed by atoms with Crippen molar-refractivity contribution in [2.45, 2.75) is 254 Å². The maximum atomic E-state index is 14.2. The smallest absolute Gasteiger partial charge is 0.243 e. The van der Waals surface area contributed by atoms with Crippen LogP contribution in [0.5, 0.6) is 0 Å². The molecule has 3 saturated heterocycles. The van der Waals surface area contributed by atoms with Crippen LogP contribution in [0.3, 0.4) is 0 Å². The molecule has 3 aliphatic rings. The summed E-state index contributed by atoms with van der Waals surface area (Å²) in [6, 6.07) is -2.03. The van der Waals surface area contributed by atoms with Gasteiger partial charge < -0.3 is 111 Å². The molecule has 89 heavy (non-hydrogen) atoms. The minimum absolute atomic E-state index is 0.0636. The molecule has 0 aliphatic carbocycles. The van der Waals surface area contributed by atoms with Crippen LogP contribution >= 0.6 is 0 Å². The fraction of sp³-hybridized carbons (Fsp3) is 0.902. The molecule has 0 radical (unpaired) electrons. The van der Waals surface area contributed by atoms with E-state index in [0.717, 1.165) is 0 Å². The highest BCUT2D eigenvalue weighted by atomic mass is 16.7. The van der Waals surface area contributed by atoms with Crippen LogP contribution in [0.1, 0.15) is 168 Å². The Bertz CT molecular complexity index is 1960. The van der Waals surface area contributed by atoms with Gasteiger partial charge in [0.15, 0.2) is 18.9 Å². The molecular formula is C61H112N6O22. The van der Waals surface area contributed by atoms with Crippen molar-refractivity contribution in [1.82, 2.24) is 31.9 Å². The zero-order valence-corrected chi connectivity index (χ0v) is 53.2. The Morgan fingerprint density at radius 3 is 1.07 bits per heavy atom. The van der Waals surface area contributed by atoms with Gasteiger partial charge in [0.05, 0.1) is 38.1 Å². The van der Waals surface area contributed by atoms with Crippen molar-refractivity contribution in [1.29, 1.82) is 0 Å². The van der Waals surface area contributed by atoms with Crippen molar-refractivity contribution in [3.05, 3.63) is 0 Å². The first kappa shape index (κ1) is 79.4. The molecule has 0 aromatic heterocycles. The highest BCUT2D eigenvalue weighted by molar-refractivity contribution is 5.92. The monoisotopic (exact) mass is 1280 g/mol. The summed E-state index contributed by atoms with van der Waals surface area (Å²) >= 11 is 0. The summed E-state index contributed by atoms with van der Waals surface area (Å²) in [5, 5.41) is 107. The summed E-state index contributed by atoms with van der Waals surface area (Å²) in [6.07, 6.45) is -1.33. The summed E-state index contributed by atoms with van der Waals surface area (Å²) in [5.41, 5.74) is 0. The second kappa shape index (κ2) is 46.3. The molecule has 28 heteroatoms. The minimum Gasteiger partial charge on any atom is -0.394 e. The molecule has 3 heterocycles. The van der Waals surface area contributed by atoms with Crippen molar-refractivity contribution >= 4 is 35.4 Å². The Labute approximate surface area is 525 Å². The molecule has 518 valence electrons. The molecule has 17 atom stereocenters. The summed E-state index contributed by atoms with van der Waals surface area (Å²) in [4.78, 5) is 79.4. The maximum absolute atomic E-state index is 14.2. The molecular weight excluding hydrogens is 1170 g/mol. The molecule has 0 aromatic carbocycles. The summed E-state index contributed by atoms with van der Waals surface area (Å²) in [6.45, 7) is 6.43. The lowest BCUT2D eigenvalue weighted by Gasteiger charge is -2.40. The van der Waals surface area contributed by atoms with Gasteiger partial charge in [0.1, 0.15) is 48.7 Å². The van der Waals surface area contributed by atoms with E-state index in [1.807, 2.05) is 0 Å². The molecule has 28 nitrogen and oxygen atoms in total. The number of ether oxygens (including phenoxy) is 7. The molecule has 15 N–H and O–H groups in total. The zero-order valence-electron chi connectivity index (χ0n) is 53.2. The number of aliphatic hydroxyl groups is 9. The molecule has 0 spiro atoms. The van der Waals surface area contributed by atoms with Gasteiger partial charge in [0.2, 0.25) is 35.4 Å². The molecule has 3 aliphatic heterocycles. The molecule has 17 unspecified atom stereocenters. The number of carbonyl (C=O) groups is 6. The van der Waals surface area contributed by atoms with E-state index >= 15 is 0 Å². The number of aliphatic hydroxyl groups excluding tert-OH is 9. The Morgan fingerprint density at radius 1 is 0.371 bits per heavy atom. The SMILES string of the molecule is COCCCNC(=O)CCCCCNC(=O)C(CCCCNC(=O)CCCCCOC1OC(CO)C(O)C(O)C1C)NC(=O)C(CCCCNC(=O)CCCCCOC1OC(CO)C(O)C(O)C1C)NC(=O)CCCCCOC1OC(CO)C(O)C(O)C1C. The average Bonchev–Trinajstić information content (AvgIpc) is 2.38. The fourth-order valence-corrected chi connectivity index (χ4v) is 10.6. The lowest BCUT2D eigenvalue weighted by molar-refractivity contribution is -0.282. The first-order valence-electron chi connectivity index (χ1n) is 32.7. The van der Waals surface area contributed by atoms with Crippen LogP contribution in [-0.2, 0) is 61.9 Å². The Morgan fingerprint density at radius 2 is 0.697 bits per heavy atom. The number of unbranched alkanes of at least 4 members (excludes halogenated alkanes) is 10. The van der Waals surface area contributed by atoms with Gasteiger partial charge in [-0.25, -0.2) is 0 Å². The van der Waals surface area contributed by atoms with Crippen molar-refractivity contribution in [2.75, 3.05) is 79.5 Å². The number of hydrogen-bond donors (Lipinski definition) is 15. The van der Waals surface area contributed by atoms with Crippen LogP contribution in [0, 0.1) is 17.8 Å². The van der Waals surface area contributed by atoms with Crippen LogP contribution in [0.25, 0.3) is 0 Å². The Balaban J connectivity index is 1.55. The predicted octanol–water partition coefficient (Wildman–Crippen LogP) is -0.685. The van der Waals surface area contributed by atoms with Gasteiger partial charge in [-0.1, -0.05) is 46.5 Å². The largest absolute Gasteiger partial charge is 0.394 e. The topological polar surface area (TPSA) is 421 Å². The van der Waals surface area contributed by atoms with Gasteiger partial charge in [-0.2, -0.15) is 0 Å². The number of amides is 6. The van der Waals surface area contributed by atoms with E-state index in [9.17, 15) is 74.7 Å². The van der Waals surface area contributed by atoms with E-state index in [-0.39, 0.29) is 62.3 Å². The molecule has 0 bridgehead atoms. The number of rotatable bonds is 48. The molecule has 6 amide bonds. The van der Waals surface area contributed by atoms with Crippen molar-refractivity contribution in [3.63, 3.8) is 0 Å². The van der Waals surface area contributed by atoms with E-state index in [1.54, 1.807) is 27.9 Å². The van der Waals surface area contributed by atoms with Crippen molar-refractivity contribution in [3.8, 4) is 0 Å². The van der Waals surface area contributed by atoms with E-state index in [4.69, 9.17) is 33.2 Å². The average molecular weight is 1280 g/mol. The number of carbonyl (C=O) groups excluding carboxylic acids is 6. The normalized spacial score (nSPS) is 27.7. The van der Waals surface area contributed by atoms with Gasteiger partial charge in [-0.15, -0.1) is 0 Å². The van der Waals surface area contributed by atoms with E-state index < -0.39 is 135 Å². The van der Waals surface area contributed by atoms with Crippen molar-refractivity contribution in [2.24, 2.45) is 17.8 Å². The van der Waals surface area contributed by atoms with E-state index in [2.05, 4.69) is 31.9 Å². The standard InChI is InChI=1S/C61H112N6O22/c1-39-51(75)54(78)44(36-68)87-59(39)84-33-18-6-10-25-47(71)62-28-16-13-22-42(57(81)65-30-15-5-9-24-49(73)64-31-21-32-83-4)67-58(82)43(66-50(74)27-12-8-20-35-86-61-41(3)53(77)56(80)46(38-70)89-61)23-14-17-29-63-48(72)26-11-7-19-34-85-60-40(2)52(76)55(79)45(37-69)88-60/h39-46,51-56,59-61,68-70,75-80H,5-38H2,1-4H3,(H,62,71)(H,63,72)(H,64,73)(H,65,81)(H,66,74)(H,67,82). The predicted molar refractivity (Wildman–Crippen MR) is 323 cm³/mol. The van der Waals surface area contributed by atoms with Crippen molar-refractivity contribution < 1.29 is 108 Å². The van der Waals surface area contributed by atoms with Gasteiger partial charge in [0, 0.05) is 103 Å². The summed E-state index contributed by atoms with van der Waals surface area (Å²) in [7, 11) is 1.60. The van der Waals surface area contributed by atoms with Crippen LogP contribution in [0.15, 0.2) is 0 Å². The van der Waals surface area contributed by atoms with E-state index in [0.29, 0.717) is 162 Å². The first-order valence-corrected chi connectivity index (χ1v) is 32.7. The van der Waals surface area contributed by atoms with Crippen LogP contribution < -0.4 is 31.9 Å². The Hall–Kier alpha value is -3.82. The zero-order chi connectivity index (χ0) is 65.5. The molecule has 0 saturated carbocycles.